The molecule has 200 valence electrons. The smallest absolute Gasteiger partial charge is 0.231 e. The van der Waals surface area contributed by atoms with Crippen LogP contribution >= 0.6 is 39.1 Å². The minimum Gasteiger partial charge on any atom is -0.231 e. The van der Waals surface area contributed by atoms with Crippen LogP contribution in [0.15, 0.2) is 71.2 Å². The summed E-state index contributed by atoms with van der Waals surface area (Å²) in [5.74, 6) is -0.609. The largest absolute Gasteiger partial charge is 0.416 e. The van der Waals surface area contributed by atoms with E-state index in [1.807, 2.05) is 31.2 Å². The van der Waals surface area contributed by atoms with E-state index in [4.69, 9.17) is 28.3 Å². The lowest BCUT2D eigenvalue weighted by molar-refractivity contribution is -0.137. The molecule has 0 aliphatic carbocycles. The zero-order valence-corrected chi connectivity index (χ0v) is 23.8. The van der Waals surface area contributed by atoms with Crippen molar-refractivity contribution in [1.29, 1.82) is 0 Å². The third kappa shape index (κ3) is 6.60. The summed E-state index contributed by atoms with van der Waals surface area (Å²) < 4.78 is 69.8. The zero-order valence-electron chi connectivity index (χ0n) is 19.9. The molecule has 4 aromatic rings. The number of nitrogens with zero attached hydrogens (tertiary/aromatic N) is 2. The molecule has 0 saturated carbocycles. The van der Waals surface area contributed by atoms with E-state index in [1.54, 1.807) is 22.9 Å². The van der Waals surface area contributed by atoms with Crippen LogP contribution in [0.4, 0.5) is 13.2 Å². The maximum atomic E-state index is 13.1. The Balaban J connectivity index is 1.70. The summed E-state index contributed by atoms with van der Waals surface area (Å²) in [4.78, 5) is 0. The summed E-state index contributed by atoms with van der Waals surface area (Å²) in [5, 5.41) is 5.51. The summed E-state index contributed by atoms with van der Waals surface area (Å²) in [7, 11) is -3.99. The van der Waals surface area contributed by atoms with Crippen LogP contribution in [-0.4, -0.2) is 18.2 Å². The van der Waals surface area contributed by atoms with Gasteiger partial charge in [-0.2, -0.15) is 18.3 Å². The van der Waals surface area contributed by atoms with Crippen molar-refractivity contribution in [3.63, 3.8) is 0 Å². The predicted octanol–water partition coefficient (Wildman–Crippen LogP) is 7.81. The molecule has 0 fully saturated rings. The Kier molecular flexibility index (Phi) is 8.59. The summed E-state index contributed by atoms with van der Waals surface area (Å²) in [6.07, 6.45) is -4.04. The molecule has 0 aliphatic rings. The van der Waals surface area contributed by atoms with E-state index < -0.39 is 27.5 Å². The van der Waals surface area contributed by atoms with E-state index in [0.717, 1.165) is 33.4 Å². The first kappa shape index (κ1) is 28.6. The van der Waals surface area contributed by atoms with Crippen LogP contribution < -0.4 is 4.72 Å². The van der Waals surface area contributed by atoms with E-state index in [0.29, 0.717) is 27.8 Å². The highest BCUT2D eigenvalue weighted by atomic mass is 79.9. The average Bonchev–Trinajstić information content (AvgIpc) is 3.21. The van der Waals surface area contributed by atoms with Crippen molar-refractivity contribution in [3.05, 3.63) is 104 Å². The van der Waals surface area contributed by atoms with Crippen LogP contribution in [0.1, 0.15) is 29.3 Å². The van der Waals surface area contributed by atoms with Gasteiger partial charge in [0.1, 0.15) is 0 Å². The second kappa shape index (κ2) is 11.4. The van der Waals surface area contributed by atoms with Gasteiger partial charge in [-0.15, -0.1) is 0 Å². The second-order valence-electron chi connectivity index (χ2n) is 8.42. The average molecular weight is 647 g/mol. The Hall–Kier alpha value is -2.37. The van der Waals surface area contributed by atoms with Gasteiger partial charge in [-0.05, 0) is 48.4 Å². The number of halogens is 6. The van der Waals surface area contributed by atoms with Gasteiger partial charge in [0.25, 0.3) is 0 Å². The predicted molar refractivity (Wildman–Crippen MR) is 147 cm³/mol. The molecule has 0 bridgehead atoms. The van der Waals surface area contributed by atoms with Crippen LogP contribution in [-0.2, 0) is 34.9 Å². The third-order valence-electron chi connectivity index (χ3n) is 5.75. The van der Waals surface area contributed by atoms with Gasteiger partial charge in [0.2, 0.25) is 10.0 Å². The molecule has 0 amide bonds. The lowest BCUT2D eigenvalue weighted by atomic mass is 10.0. The number of rotatable bonds is 8. The van der Waals surface area contributed by atoms with E-state index in [1.165, 1.54) is 12.1 Å². The molecular weight excluding hydrogens is 626 g/mol. The molecule has 0 radical (unpaired) electrons. The Morgan fingerprint density at radius 3 is 2.37 bits per heavy atom. The normalized spacial score (nSPS) is 12.2. The lowest BCUT2D eigenvalue weighted by Crippen LogP contribution is -2.25. The molecule has 0 aliphatic heterocycles. The Morgan fingerprint density at radius 1 is 1.03 bits per heavy atom. The molecule has 1 N–H and O–H groups in total. The Bertz CT molecular complexity index is 1570. The quantitative estimate of drug-likeness (QED) is 0.212. The first-order valence-electron chi connectivity index (χ1n) is 11.3. The van der Waals surface area contributed by atoms with Crippen LogP contribution in [0.25, 0.3) is 16.9 Å². The summed E-state index contributed by atoms with van der Waals surface area (Å²) in [5.41, 5.74) is 2.50. The van der Waals surface area contributed by atoms with Crippen molar-refractivity contribution >= 4 is 49.2 Å². The molecule has 4 rings (SSSR count). The van der Waals surface area contributed by atoms with Gasteiger partial charge >= 0.3 is 6.18 Å². The number of hydrogen-bond donors (Lipinski definition) is 1. The number of hydrogen-bond acceptors (Lipinski definition) is 3. The van der Waals surface area contributed by atoms with Crippen molar-refractivity contribution in [3.8, 4) is 16.9 Å². The fourth-order valence-corrected chi connectivity index (χ4v) is 5.86. The fraction of sp³-hybridized carbons (Fsp3) is 0.192. The molecule has 3 aromatic carbocycles. The van der Waals surface area contributed by atoms with Gasteiger partial charge in [0, 0.05) is 20.6 Å². The number of alkyl halides is 3. The molecule has 0 unspecified atom stereocenters. The lowest BCUT2D eigenvalue weighted by Gasteiger charge is -2.11. The second-order valence-corrected chi connectivity index (χ2v) is 12.0. The standard InChI is InChI=1S/C26H21BrCl2F3N3O2S/c1-2-21-23(14-33-38(36,37)15-16-4-3-5-18(12-16)26(30,31)32)34-35(24-11-10-20(28)13-22(24)29)25(21)17-6-8-19(27)9-7-17/h3-13,33H,2,14-15H2,1H3. The van der Waals surface area contributed by atoms with Crippen molar-refractivity contribution in [2.24, 2.45) is 0 Å². The first-order chi connectivity index (χ1) is 17.9. The van der Waals surface area contributed by atoms with Crippen LogP contribution in [0.2, 0.25) is 10.0 Å². The van der Waals surface area contributed by atoms with Gasteiger partial charge in [-0.3, -0.25) is 0 Å². The Morgan fingerprint density at radius 2 is 1.74 bits per heavy atom. The minimum absolute atomic E-state index is 0.0251. The molecular formula is C26H21BrCl2F3N3O2S. The molecule has 38 heavy (non-hydrogen) atoms. The van der Waals surface area contributed by atoms with Crippen molar-refractivity contribution < 1.29 is 21.6 Å². The van der Waals surface area contributed by atoms with Gasteiger partial charge in [-0.25, -0.2) is 17.8 Å². The maximum Gasteiger partial charge on any atom is 0.416 e. The molecule has 1 heterocycles. The molecule has 0 spiro atoms. The van der Waals surface area contributed by atoms with Gasteiger partial charge in [0.15, 0.2) is 0 Å². The van der Waals surface area contributed by atoms with Crippen molar-refractivity contribution in [1.82, 2.24) is 14.5 Å². The summed E-state index contributed by atoms with van der Waals surface area (Å²) in [6, 6.07) is 16.8. The van der Waals surface area contributed by atoms with Crippen LogP contribution in [0, 0.1) is 0 Å². The van der Waals surface area contributed by atoms with Crippen molar-refractivity contribution in [2.45, 2.75) is 31.8 Å². The monoisotopic (exact) mass is 645 g/mol. The topological polar surface area (TPSA) is 64.0 Å². The summed E-state index contributed by atoms with van der Waals surface area (Å²) in [6.45, 7) is 1.76. The molecule has 0 atom stereocenters. The van der Waals surface area contributed by atoms with E-state index in [2.05, 4.69) is 20.7 Å². The zero-order chi connectivity index (χ0) is 27.7. The molecule has 5 nitrogen and oxygen atoms in total. The number of benzene rings is 3. The SMILES string of the molecule is CCc1c(CNS(=O)(=O)Cc2cccc(C(F)(F)F)c2)nn(-c2ccc(Cl)cc2Cl)c1-c1ccc(Br)cc1. The van der Waals surface area contributed by atoms with Crippen molar-refractivity contribution in [2.75, 3.05) is 0 Å². The fourth-order valence-electron chi connectivity index (χ4n) is 4.03. The molecule has 12 heteroatoms. The highest BCUT2D eigenvalue weighted by molar-refractivity contribution is 9.10. The number of aromatic nitrogens is 2. The van der Waals surface area contributed by atoms with Crippen LogP contribution in [0.3, 0.4) is 0 Å². The third-order valence-corrected chi connectivity index (χ3v) is 8.11. The highest BCUT2D eigenvalue weighted by Gasteiger charge is 2.31. The van der Waals surface area contributed by atoms with Gasteiger partial charge in [0.05, 0.1) is 40.0 Å². The summed E-state index contributed by atoms with van der Waals surface area (Å²) >= 11 is 16.0. The molecule has 0 saturated heterocycles. The first-order valence-corrected chi connectivity index (χ1v) is 14.5. The van der Waals surface area contributed by atoms with E-state index in [9.17, 15) is 21.6 Å². The minimum atomic E-state index is -4.57. The van der Waals surface area contributed by atoms with E-state index in [-0.39, 0.29) is 12.1 Å². The Labute approximate surface area is 236 Å². The van der Waals surface area contributed by atoms with E-state index >= 15 is 0 Å². The van der Waals surface area contributed by atoms with Gasteiger partial charge < -0.3 is 0 Å². The maximum absolute atomic E-state index is 13.1. The highest BCUT2D eigenvalue weighted by Crippen LogP contribution is 2.34. The number of nitrogens with one attached hydrogen (secondary N) is 1. The van der Waals surface area contributed by atoms with Crippen LogP contribution in [0.5, 0.6) is 0 Å². The molecule has 1 aromatic heterocycles. The van der Waals surface area contributed by atoms with Gasteiger partial charge in [-0.1, -0.05) is 76.4 Å². The number of sulfonamides is 1.